The molecule has 168 valence electrons. The fourth-order valence-electron chi connectivity index (χ4n) is 4.57. The number of ketones is 1. The molecule has 3 rings (SSSR count). The van der Waals surface area contributed by atoms with Gasteiger partial charge in [-0.1, -0.05) is 52.3 Å². The number of para-hydroxylation sites is 1. The number of allylic oxidation sites excluding steroid dienone is 2. The van der Waals surface area contributed by atoms with E-state index in [0.29, 0.717) is 30.9 Å². The van der Waals surface area contributed by atoms with Gasteiger partial charge in [0.2, 0.25) is 0 Å². The van der Waals surface area contributed by atoms with Crippen LogP contribution in [-0.2, 0) is 14.3 Å². The van der Waals surface area contributed by atoms with Crippen LogP contribution in [0.4, 0.5) is 0 Å². The lowest BCUT2D eigenvalue weighted by atomic mass is 9.66. The number of esters is 1. The number of carbonyl (C=O) groups excluding carboxylic acids is 2. The average Bonchev–Trinajstić information content (AvgIpc) is 2.70. The quantitative estimate of drug-likeness (QED) is 0.400. The Balaban J connectivity index is 2.11. The van der Waals surface area contributed by atoms with E-state index in [1.165, 1.54) is 0 Å². The van der Waals surface area contributed by atoms with Crippen molar-refractivity contribution in [3.8, 4) is 5.75 Å². The van der Waals surface area contributed by atoms with Gasteiger partial charge in [-0.3, -0.25) is 14.6 Å². The Morgan fingerprint density at radius 2 is 1.87 bits per heavy atom. The summed E-state index contributed by atoms with van der Waals surface area (Å²) in [5, 5.41) is 0. The van der Waals surface area contributed by atoms with E-state index in [4.69, 9.17) is 14.5 Å². The molecule has 0 radical (unpaired) electrons. The second kappa shape index (κ2) is 9.80. The van der Waals surface area contributed by atoms with Gasteiger partial charge in [0.25, 0.3) is 0 Å². The second-order valence-corrected chi connectivity index (χ2v) is 9.42. The number of rotatable bonds is 8. The SMILES string of the molecule is CCCCOC(=O)C1C(C)=NC2=C(C(=O)CC(C)(C)C2)[C@@H]1c1ccccc1OCCC. The molecule has 1 aromatic rings. The van der Waals surface area contributed by atoms with Gasteiger partial charge >= 0.3 is 5.97 Å². The zero-order valence-electron chi connectivity index (χ0n) is 19.5. The Hall–Kier alpha value is -2.43. The van der Waals surface area contributed by atoms with E-state index in [1.807, 2.05) is 31.2 Å². The van der Waals surface area contributed by atoms with E-state index in [0.717, 1.165) is 42.7 Å². The number of carbonyl (C=O) groups is 2. The largest absolute Gasteiger partial charge is 0.493 e. The van der Waals surface area contributed by atoms with Crippen molar-refractivity contribution in [3.05, 3.63) is 41.1 Å². The van der Waals surface area contributed by atoms with E-state index in [-0.39, 0.29) is 17.2 Å². The average molecular weight is 426 g/mol. The Morgan fingerprint density at radius 1 is 1.13 bits per heavy atom. The van der Waals surface area contributed by atoms with Crippen LogP contribution in [-0.4, -0.2) is 30.7 Å². The molecule has 0 spiro atoms. The lowest BCUT2D eigenvalue weighted by molar-refractivity contribution is -0.146. The summed E-state index contributed by atoms with van der Waals surface area (Å²) in [5.41, 5.74) is 2.91. The number of hydrogen-bond acceptors (Lipinski definition) is 5. The molecule has 1 unspecified atom stereocenters. The van der Waals surface area contributed by atoms with Crippen LogP contribution in [0.2, 0.25) is 0 Å². The minimum absolute atomic E-state index is 0.0733. The fraction of sp³-hybridized carbons (Fsp3) is 0.577. The van der Waals surface area contributed by atoms with E-state index in [1.54, 1.807) is 0 Å². The highest BCUT2D eigenvalue weighted by Gasteiger charge is 2.46. The number of unbranched alkanes of at least 4 members (excludes halogenated alkanes) is 1. The fourth-order valence-corrected chi connectivity index (χ4v) is 4.57. The summed E-state index contributed by atoms with van der Waals surface area (Å²) < 4.78 is 11.7. The maximum atomic E-state index is 13.4. The van der Waals surface area contributed by atoms with Crippen LogP contribution >= 0.6 is 0 Å². The third-order valence-electron chi connectivity index (χ3n) is 6.01. The number of nitrogens with zero attached hydrogens (tertiary/aromatic N) is 1. The van der Waals surface area contributed by atoms with Gasteiger partial charge in [0, 0.05) is 34.9 Å². The first-order valence-electron chi connectivity index (χ1n) is 11.5. The number of hydrogen-bond donors (Lipinski definition) is 0. The predicted octanol–water partition coefficient (Wildman–Crippen LogP) is 5.64. The first kappa shape index (κ1) is 23.2. The Bertz CT molecular complexity index is 896. The minimum Gasteiger partial charge on any atom is -0.493 e. The molecule has 5 nitrogen and oxygen atoms in total. The maximum absolute atomic E-state index is 13.4. The molecule has 0 saturated carbocycles. The molecule has 31 heavy (non-hydrogen) atoms. The van der Waals surface area contributed by atoms with Crippen molar-refractivity contribution < 1.29 is 19.1 Å². The lowest BCUT2D eigenvalue weighted by Gasteiger charge is -2.39. The summed E-state index contributed by atoms with van der Waals surface area (Å²) >= 11 is 0. The molecule has 0 bridgehead atoms. The maximum Gasteiger partial charge on any atom is 0.315 e. The van der Waals surface area contributed by atoms with Gasteiger partial charge in [-0.25, -0.2) is 0 Å². The van der Waals surface area contributed by atoms with Gasteiger partial charge in [0.1, 0.15) is 11.7 Å². The molecular weight excluding hydrogens is 390 g/mol. The van der Waals surface area contributed by atoms with E-state index in [2.05, 4.69) is 27.7 Å². The zero-order chi connectivity index (χ0) is 22.6. The van der Waals surface area contributed by atoms with Crippen molar-refractivity contribution in [3.63, 3.8) is 0 Å². The van der Waals surface area contributed by atoms with Crippen molar-refractivity contribution in [1.82, 2.24) is 0 Å². The molecule has 5 heteroatoms. The van der Waals surface area contributed by atoms with Gasteiger partial charge in [-0.05, 0) is 37.7 Å². The highest BCUT2D eigenvalue weighted by molar-refractivity contribution is 6.09. The molecule has 2 atom stereocenters. The van der Waals surface area contributed by atoms with Gasteiger partial charge in [0.05, 0.1) is 13.2 Å². The second-order valence-electron chi connectivity index (χ2n) is 9.42. The van der Waals surface area contributed by atoms with Crippen molar-refractivity contribution in [1.29, 1.82) is 0 Å². The van der Waals surface area contributed by atoms with Gasteiger partial charge < -0.3 is 9.47 Å². The first-order chi connectivity index (χ1) is 14.8. The molecule has 0 fully saturated rings. The number of Topliss-reactive ketones (excluding diaryl/α,β-unsaturated/α-hetero) is 1. The summed E-state index contributed by atoms with van der Waals surface area (Å²) in [6.45, 7) is 11.1. The van der Waals surface area contributed by atoms with Crippen LogP contribution in [0.15, 0.2) is 40.5 Å². The van der Waals surface area contributed by atoms with Crippen LogP contribution < -0.4 is 4.74 Å². The van der Waals surface area contributed by atoms with Crippen LogP contribution in [0.3, 0.4) is 0 Å². The molecule has 0 N–H and O–H groups in total. The molecule has 2 aliphatic rings. The Morgan fingerprint density at radius 3 is 2.58 bits per heavy atom. The molecule has 0 amide bonds. The van der Waals surface area contributed by atoms with E-state index >= 15 is 0 Å². The van der Waals surface area contributed by atoms with Crippen molar-refractivity contribution in [2.45, 2.75) is 72.6 Å². The summed E-state index contributed by atoms with van der Waals surface area (Å²) in [7, 11) is 0. The number of benzene rings is 1. The predicted molar refractivity (Wildman–Crippen MR) is 122 cm³/mol. The normalized spacial score (nSPS) is 22.6. The molecule has 1 aromatic carbocycles. The summed E-state index contributed by atoms with van der Waals surface area (Å²) in [6, 6.07) is 7.75. The Kier molecular flexibility index (Phi) is 7.34. The molecule has 0 saturated heterocycles. The minimum atomic E-state index is -0.618. The monoisotopic (exact) mass is 425 g/mol. The topological polar surface area (TPSA) is 65.0 Å². The highest BCUT2D eigenvalue weighted by Crippen LogP contribution is 2.49. The van der Waals surface area contributed by atoms with Crippen molar-refractivity contribution >= 4 is 17.5 Å². The molecule has 0 aromatic heterocycles. The van der Waals surface area contributed by atoms with E-state index in [9.17, 15) is 9.59 Å². The zero-order valence-corrected chi connectivity index (χ0v) is 19.5. The third-order valence-corrected chi connectivity index (χ3v) is 6.01. The smallest absolute Gasteiger partial charge is 0.315 e. The highest BCUT2D eigenvalue weighted by atomic mass is 16.5. The van der Waals surface area contributed by atoms with Crippen LogP contribution in [0.25, 0.3) is 0 Å². The third kappa shape index (κ3) is 5.08. The van der Waals surface area contributed by atoms with Crippen molar-refractivity contribution in [2.75, 3.05) is 13.2 Å². The Labute approximate surface area is 185 Å². The van der Waals surface area contributed by atoms with Crippen LogP contribution in [0, 0.1) is 11.3 Å². The van der Waals surface area contributed by atoms with Gasteiger partial charge in [-0.15, -0.1) is 0 Å². The van der Waals surface area contributed by atoms with Crippen molar-refractivity contribution in [2.24, 2.45) is 16.3 Å². The summed E-state index contributed by atoms with van der Waals surface area (Å²) in [6.07, 6.45) is 3.81. The number of aliphatic imine (C=N–C) groups is 1. The standard InChI is InChI=1S/C26H35NO4/c1-6-8-14-31-25(29)22-17(3)27-19-15-26(4,5)16-20(28)24(19)23(22)18-11-9-10-12-21(18)30-13-7-2/h9-12,22-23H,6-8,13-16H2,1-5H3/t22?,23-/m1/s1. The number of ether oxygens (including phenoxy) is 2. The molecular formula is C26H35NO4. The van der Waals surface area contributed by atoms with E-state index < -0.39 is 11.8 Å². The summed E-state index contributed by atoms with van der Waals surface area (Å²) in [4.78, 5) is 31.4. The lowest BCUT2D eigenvalue weighted by Crippen LogP contribution is -2.39. The van der Waals surface area contributed by atoms with Gasteiger partial charge in [-0.2, -0.15) is 0 Å². The van der Waals surface area contributed by atoms with Crippen LogP contribution in [0.1, 0.15) is 78.2 Å². The molecule has 1 aliphatic carbocycles. The first-order valence-corrected chi connectivity index (χ1v) is 11.5. The summed E-state index contributed by atoms with van der Waals surface area (Å²) in [5.74, 6) is -0.566. The van der Waals surface area contributed by atoms with Gasteiger partial charge in [0.15, 0.2) is 5.78 Å². The molecule has 1 heterocycles. The van der Waals surface area contributed by atoms with Crippen LogP contribution in [0.5, 0.6) is 5.75 Å². The molecule has 1 aliphatic heterocycles.